The summed E-state index contributed by atoms with van der Waals surface area (Å²) in [6, 6.07) is 23.3. The van der Waals surface area contributed by atoms with Crippen LogP contribution < -0.4 is 14.4 Å². The molecule has 2 aliphatic rings. The van der Waals surface area contributed by atoms with Crippen molar-refractivity contribution in [2.45, 2.75) is 37.5 Å². The predicted octanol–water partition coefficient (Wildman–Crippen LogP) is 4.81. The number of aliphatic hydroxyl groups excluding tert-OH is 1. The number of anilines is 1. The number of fused-ring (bicyclic) bond motifs is 1. The van der Waals surface area contributed by atoms with Gasteiger partial charge in [-0.15, -0.1) is 0 Å². The van der Waals surface area contributed by atoms with Gasteiger partial charge in [0, 0.05) is 44.7 Å². The minimum atomic E-state index is -1.02. The molecule has 2 aliphatic heterocycles. The Balaban J connectivity index is 1.42. The number of benzene rings is 3. The molecule has 1 saturated heterocycles. The molecule has 43 heavy (non-hydrogen) atoms. The second-order valence-electron chi connectivity index (χ2n) is 11.2. The fourth-order valence-electron chi connectivity index (χ4n) is 6.45. The molecule has 5 rings (SSSR count). The van der Waals surface area contributed by atoms with Crippen molar-refractivity contribution in [3.05, 3.63) is 89.5 Å². The van der Waals surface area contributed by atoms with Crippen molar-refractivity contribution in [1.82, 2.24) is 4.90 Å². The summed E-state index contributed by atoms with van der Waals surface area (Å²) in [4.78, 5) is 16.4. The van der Waals surface area contributed by atoms with Crippen molar-refractivity contribution in [2.24, 2.45) is 5.92 Å². The molecule has 0 aliphatic carbocycles. The maximum absolute atomic E-state index is 12.6. The van der Waals surface area contributed by atoms with Crippen molar-refractivity contribution in [3.63, 3.8) is 0 Å². The standard InChI is InChI=1S/C34H42N2O7/c1-40-17-6-15-35-16-18-42-31-14-9-25(20-30(31)35)23-43-32-21-36(34(38)39)29(19-24-7-4-3-5-8-24)28(22-37)33(32)26-10-12-27(41-2)13-11-26/h3-5,7-14,20,28-29,32-33,37H,6,15-19,21-23H2,1-2H3,(H,38,39)/t28-,29?,32+,33+/m1/s1. The highest BCUT2D eigenvalue weighted by Gasteiger charge is 2.46. The molecule has 0 bridgehead atoms. The van der Waals surface area contributed by atoms with Crippen LogP contribution in [0.25, 0.3) is 0 Å². The summed E-state index contributed by atoms with van der Waals surface area (Å²) in [6.07, 6.45) is -0.0703. The number of aliphatic hydroxyl groups is 1. The van der Waals surface area contributed by atoms with Gasteiger partial charge in [-0.1, -0.05) is 48.5 Å². The summed E-state index contributed by atoms with van der Waals surface area (Å²) in [5.41, 5.74) is 4.01. The Morgan fingerprint density at radius 2 is 1.81 bits per heavy atom. The van der Waals surface area contributed by atoms with E-state index in [1.54, 1.807) is 14.2 Å². The van der Waals surface area contributed by atoms with E-state index in [-0.39, 0.29) is 25.0 Å². The summed E-state index contributed by atoms with van der Waals surface area (Å²) >= 11 is 0. The molecule has 0 saturated carbocycles. The van der Waals surface area contributed by atoms with E-state index in [1.165, 1.54) is 4.90 Å². The lowest BCUT2D eigenvalue weighted by atomic mass is 9.73. The van der Waals surface area contributed by atoms with Gasteiger partial charge in [-0.25, -0.2) is 4.79 Å². The number of carboxylic acid groups (broad SMARTS) is 1. The molecular weight excluding hydrogens is 548 g/mol. The first-order chi connectivity index (χ1) is 21.0. The second kappa shape index (κ2) is 14.6. The lowest BCUT2D eigenvalue weighted by molar-refractivity contribution is -0.0710. The minimum Gasteiger partial charge on any atom is -0.497 e. The van der Waals surface area contributed by atoms with E-state index >= 15 is 0 Å². The molecule has 3 aromatic carbocycles. The van der Waals surface area contributed by atoms with E-state index < -0.39 is 18.2 Å². The van der Waals surface area contributed by atoms with E-state index in [2.05, 4.69) is 11.0 Å². The van der Waals surface area contributed by atoms with E-state index in [0.717, 1.165) is 53.4 Å². The van der Waals surface area contributed by atoms with Gasteiger partial charge in [-0.05, 0) is 53.8 Å². The number of amides is 1. The molecule has 3 aromatic rings. The van der Waals surface area contributed by atoms with Gasteiger partial charge in [0.15, 0.2) is 0 Å². The SMILES string of the molecule is COCCCN1CCOc2ccc(CO[C@H]3CN(C(=O)O)C(Cc4ccccc4)[C@@H](CO)[C@@H]3c3ccc(OC)cc3)cc21. The van der Waals surface area contributed by atoms with Crippen molar-refractivity contribution in [1.29, 1.82) is 0 Å². The summed E-state index contributed by atoms with van der Waals surface area (Å²) in [6.45, 7) is 3.32. The number of nitrogens with zero attached hydrogens (tertiary/aromatic N) is 2. The van der Waals surface area contributed by atoms with Crippen LogP contribution in [0.1, 0.15) is 29.0 Å². The first kappa shape index (κ1) is 30.7. The normalized spacial score (nSPS) is 21.7. The summed E-state index contributed by atoms with van der Waals surface area (Å²) in [5.74, 6) is 0.975. The zero-order chi connectivity index (χ0) is 30.2. The van der Waals surface area contributed by atoms with Crippen LogP contribution in [-0.4, -0.2) is 87.0 Å². The van der Waals surface area contributed by atoms with Gasteiger partial charge in [0.2, 0.25) is 0 Å². The smallest absolute Gasteiger partial charge is 0.407 e. The quantitative estimate of drug-likeness (QED) is 0.290. The fraction of sp³-hybridized carbons (Fsp3) is 0.441. The number of hydrogen-bond acceptors (Lipinski definition) is 7. The summed E-state index contributed by atoms with van der Waals surface area (Å²) in [5, 5.41) is 21.1. The summed E-state index contributed by atoms with van der Waals surface area (Å²) < 4.78 is 23.1. The Labute approximate surface area is 253 Å². The molecule has 230 valence electrons. The van der Waals surface area contributed by atoms with Crippen LogP contribution in [0.2, 0.25) is 0 Å². The largest absolute Gasteiger partial charge is 0.497 e. The monoisotopic (exact) mass is 590 g/mol. The molecule has 4 atom stereocenters. The van der Waals surface area contributed by atoms with Gasteiger partial charge in [0.25, 0.3) is 0 Å². The topological polar surface area (TPSA) is 101 Å². The lowest BCUT2D eigenvalue weighted by Crippen LogP contribution is -2.58. The molecule has 0 radical (unpaired) electrons. The highest BCUT2D eigenvalue weighted by Crippen LogP contribution is 2.41. The number of piperidine rings is 1. The lowest BCUT2D eigenvalue weighted by Gasteiger charge is -2.48. The highest BCUT2D eigenvalue weighted by atomic mass is 16.5. The van der Waals surface area contributed by atoms with Crippen LogP contribution in [0.5, 0.6) is 11.5 Å². The van der Waals surface area contributed by atoms with Crippen molar-refractivity contribution in [3.8, 4) is 11.5 Å². The number of ether oxygens (including phenoxy) is 4. The van der Waals surface area contributed by atoms with Gasteiger partial charge in [0.05, 0.1) is 38.6 Å². The molecule has 1 fully saturated rings. The number of hydrogen-bond donors (Lipinski definition) is 2. The maximum Gasteiger partial charge on any atom is 0.407 e. The maximum atomic E-state index is 12.6. The average Bonchev–Trinajstić information content (AvgIpc) is 3.04. The zero-order valence-corrected chi connectivity index (χ0v) is 24.9. The molecule has 9 nitrogen and oxygen atoms in total. The van der Waals surface area contributed by atoms with Crippen LogP contribution in [-0.2, 0) is 22.5 Å². The Morgan fingerprint density at radius 3 is 2.51 bits per heavy atom. The molecule has 0 aromatic heterocycles. The average molecular weight is 591 g/mol. The second-order valence-corrected chi connectivity index (χ2v) is 11.2. The molecule has 9 heteroatoms. The summed E-state index contributed by atoms with van der Waals surface area (Å²) in [7, 11) is 3.34. The molecule has 1 amide bonds. The van der Waals surface area contributed by atoms with Gasteiger partial charge in [-0.3, -0.25) is 0 Å². The molecule has 2 heterocycles. The van der Waals surface area contributed by atoms with Gasteiger partial charge >= 0.3 is 6.09 Å². The Bertz CT molecular complexity index is 1320. The van der Waals surface area contributed by atoms with Crippen LogP contribution in [0.4, 0.5) is 10.5 Å². The van der Waals surface area contributed by atoms with Crippen LogP contribution in [0, 0.1) is 5.92 Å². The van der Waals surface area contributed by atoms with E-state index in [4.69, 9.17) is 18.9 Å². The minimum absolute atomic E-state index is 0.176. The van der Waals surface area contributed by atoms with Gasteiger partial charge in [0.1, 0.15) is 18.1 Å². The van der Waals surface area contributed by atoms with Crippen molar-refractivity contribution in [2.75, 3.05) is 58.6 Å². The van der Waals surface area contributed by atoms with Crippen LogP contribution in [0.3, 0.4) is 0 Å². The molecule has 2 N–H and O–H groups in total. The van der Waals surface area contributed by atoms with E-state index in [1.807, 2.05) is 66.7 Å². The Morgan fingerprint density at radius 1 is 1.02 bits per heavy atom. The first-order valence-corrected chi connectivity index (χ1v) is 14.9. The Kier molecular flexibility index (Phi) is 10.4. The number of carbonyl (C=O) groups is 1. The van der Waals surface area contributed by atoms with Gasteiger partial charge < -0.3 is 39.0 Å². The van der Waals surface area contributed by atoms with E-state index in [0.29, 0.717) is 26.2 Å². The molecular formula is C34H42N2O7. The number of rotatable bonds is 12. The van der Waals surface area contributed by atoms with Crippen LogP contribution >= 0.6 is 0 Å². The predicted molar refractivity (Wildman–Crippen MR) is 164 cm³/mol. The Hall–Kier alpha value is -3.79. The first-order valence-electron chi connectivity index (χ1n) is 14.9. The molecule has 0 spiro atoms. The highest BCUT2D eigenvalue weighted by molar-refractivity contribution is 5.66. The van der Waals surface area contributed by atoms with Gasteiger partial charge in [-0.2, -0.15) is 0 Å². The third kappa shape index (κ3) is 7.24. The molecule has 1 unspecified atom stereocenters. The van der Waals surface area contributed by atoms with Crippen LogP contribution in [0.15, 0.2) is 72.8 Å². The van der Waals surface area contributed by atoms with Crippen molar-refractivity contribution < 1.29 is 34.0 Å². The van der Waals surface area contributed by atoms with Crippen molar-refractivity contribution >= 4 is 11.8 Å². The van der Waals surface area contributed by atoms with E-state index in [9.17, 15) is 15.0 Å². The number of likely N-dealkylation sites (tertiary alicyclic amines) is 1. The number of methoxy groups -OCH3 is 2. The zero-order valence-electron chi connectivity index (χ0n) is 24.9. The third-order valence-corrected chi connectivity index (χ3v) is 8.60. The fourth-order valence-corrected chi connectivity index (χ4v) is 6.45. The third-order valence-electron chi connectivity index (χ3n) is 8.60.